The van der Waals surface area contributed by atoms with Gasteiger partial charge >= 0.3 is 5.97 Å². The average Bonchev–Trinajstić information content (AvgIpc) is 2.27. The second-order valence-corrected chi connectivity index (χ2v) is 5.45. The molecule has 2 N–H and O–H groups in total. The molecule has 0 atom stereocenters. The van der Waals surface area contributed by atoms with E-state index in [2.05, 4.69) is 4.72 Å². The van der Waals surface area contributed by atoms with Crippen LogP contribution in [-0.2, 0) is 14.8 Å². The fourth-order valence-electron chi connectivity index (χ4n) is 1.30. The van der Waals surface area contributed by atoms with Crippen molar-refractivity contribution in [1.82, 2.24) is 0 Å². The number of carboxylic acids is 1. The van der Waals surface area contributed by atoms with Crippen LogP contribution >= 0.6 is 0 Å². The highest BCUT2D eigenvalue weighted by molar-refractivity contribution is 7.92. The average molecular weight is 268 g/mol. The molecule has 18 heavy (non-hydrogen) atoms. The van der Waals surface area contributed by atoms with Crippen LogP contribution in [0.3, 0.4) is 0 Å². The van der Waals surface area contributed by atoms with Gasteiger partial charge in [0.25, 0.3) is 0 Å². The summed E-state index contributed by atoms with van der Waals surface area (Å²) in [5.41, 5.74) is 0.644. The highest BCUT2D eigenvalue weighted by Crippen LogP contribution is 2.12. The lowest BCUT2D eigenvalue weighted by Gasteiger charge is -2.07. The number of rotatable bonds is 6. The van der Waals surface area contributed by atoms with Gasteiger partial charge in [0.2, 0.25) is 10.0 Å². The molecule has 0 radical (unpaired) electrons. The topological polar surface area (TPSA) is 107 Å². The highest BCUT2D eigenvalue weighted by Gasteiger charge is 2.11. The molecule has 96 valence electrons. The molecule has 0 bridgehead atoms. The summed E-state index contributed by atoms with van der Waals surface area (Å²) in [5, 5.41) is 17.1. The third-order valence-corrected chi connectivity index (χ3v) is 3.44. The lowest BCUT2D eigenvalue weighted by atomic mass is 10.2. The quantitative estimate of drug-likeness (QED) is 0.805. The fraction of sp³-hybridized carbons (Fsp3) is 0.273. The number of aliphatic carboxylic acids is 1. The SMILES string of the molecule is N#Cc1cccc(NS(=O)(=O)CCCC(=O)O)c1. The van der Waals surface area contributed by atoms with Crippen LogP contribution in [0.25, 0.3) is 0 Å². The first-order valence-electron chi connectivity index (χ1n) is 5.15. The predicted octanol–water partition coefficient (Wildman–Crippen LogP) is 1.16. The normalized spacial score (nSPS) is 10.6. The summed E-state index contributed by atoms with van der Waals surface area (Å²) < 4.78 is 25.5. The van der Waals surface area contributed by atoms with E-state index >= 15 is 0 Å². The van der Waals surface area contributed by atoms with Crippen molar-refractivity contribution < 1.29 is 18.3 Å². The zero-order valence-corrected chi connectivity index (χ0v) is 10.3. The van der Waals surface area contributed by atoms with E-state index in [1.165, 1.54) is 12.1 Å². The Labute approximate surface area is 105 Å². The molecule has 0 aromatic heterocycles. The number of hydrogen-bond donors (Lipinski definition) is 2. The van der Waals surface area contributed by atoms with Crippen molar-refractivity contribution in [3.8, 4) is 6.07 Å². The van der Waals surface area contributed by atoms with Gasteiger partial charge in [0, 0.05) is 12.1 Å². The summed E-state index contributed by atoms with van der Waals surface area (Å²) in [6.07, 6.45) is -0.151. The van der Waals surface area contributed by atoms with Crippen molar-refractivity contribution in [3.05, 3.63) is 29.8 Å². The van der Waals surface area contributed by atoms with Gasteiger partial charge in [-0.1, -0.05) is 6.07 Å². The molecule has 0 amide bonds. The van der Waals surface area contributed by atoms with Gasteiger partial charge in [-0.3, -0.25) is 9.52 Å². The first-order valence-corrected chi connectivity index (χ1v) is 6.80. The Morgan fingerprint density at radius 2 is 2.17 bits per heavy atom. The highest BCUT2D eigenvalue weighted by atomic mass is 32.2. The number of sulfonamides is 1. The summed E-state index contributed by atoms with van der Waals surface area (Å²) >= 11 is 0. The van der Waals surface area contributed by atoms with Crippen molar-refractivity contribution in [2.45, 2.75) is 12.8 Å². The van der Waals surface area contributed by atoms with Crippen molar-refractivity contribution in [1.29, 1.82) is 5.26 Å². The van der Waals surface area contributed by atoms with Crippen LogP contribution in [0.15, 0.2) is 24.3 Å². The Kier molecular flexibility index (Phi) is 4.68. The van der Waals surface area contributed by atoms with Gasteiger partial charge in [-0.05, 0) is 24.6 Å². The molecular weight excluding hydrogens is 256 g/mol. The van der Waals surface area contributed by atoms with Crippen molar-refractivity contribution in [2.75, 3.05) is 10.5 Å². The predicted molar refractivity (Wildman–Crippen MR) is 65.4 cm³/mol. The first kappa shape index (κ1) is 14.0. The zero-order valence-electron chi connectivity index (χ0n) is 9.46. The Bertz CT molecular complexity index is 575. The number of benzene rings is 1. The maximum Gasteiger partial charge on any atom is 0.303 e. The molecule has 7 heteroatoms. The van der Waals surface area contributed by atoms with Gasteiger partial charge in [0.1, 0.15) is 0 Å². The molecule has 0 unspecified atom stereocenters. The van der Waals surface area contributed by atoms with Crippen LogP contribution in [0.1, 0.15) is 18.4 Å². The number of hydrogen-bond acceptors (Lipinski definition) is 4. The van der Waals surface area contributed by atoms with Crippen LogP contribution in [0.2, 0.25) is 0 Å². The Hall–Kier alpha value is -2.07. The zero-order chi connectivity index (χ0) is 13.6. The van der Waals surface area contributed by atoms with Crippen molar-refractivity contribution >= 4 is 21.7 Å². The molecule has 0 saturated heterocycles. The maximum absolute atomic E-state index is 11.6. The van der Waals surface area contributed by atoms with E-state index in [9.17, 15) is 13.2 Å². The van der Waals surface area contributed by atoms with Crippen LogP contribution in [0, 0.1) is 11.3 Å². The van der Waals surface area contributed by atoms with E-state index in [0.29, 0.717) is 11.3 Å². The summed E-state index contributed by atoms with van der Waals surface area (Å²) in [5.74, 6) is -1.30. The summed E-state index contributed by atoms with van der Waals surface area (Å²) in [4.78, 5) is 10.3. The third-order valence-electron chi connectivity index (χ3n) is 2.07. The summed E-state index contributed by atoms with van der Waals surface area (Å²) in [7, 11) is -3.58. The lowest BCUT2D eigenvalue weighted by Crippen LogP contribution is -2.17. The van der Waals surface area contributed by atoms with Crippen LogP contribution in [-0.4, -0.2) is 25.2 Å². The van der Waals surface area contributed by atoms with Gasteiger partial charge in [0.15, 0.2) is 0 Å². The van der Waals surface area contributed by atoms with Gasteiger partial charge in [-0.15, -0.1) is 0 Å². The molecule has 1 rings (SSSR count). The molecule has 0 saturated carbocycles. The van der Waals surface area contributed by atoms with Gasteiger partial charge in [-0.2, -0.15) is 5.26 Å². The number of carbonyl (C=O) groups is 1. The van der Waals surface area contributed by atoms with Crippen molar-refractivity contribution in [3.63, 3.8) is 0 Å². The molecular formula is C11H12N2O4S. The van der Waals surface area contributed by atoms with Crippen LogP contribution in [0.5, 0.6) is 0 Å². The lowest BCUT2D eigenvalue weighted by molar-refractivity contribution is -0.137. The molecule has 0 aliphatic carbocycles. The molecule has 0 fully saturated rings. The minimum Gasteiger partial charge on any atom is -0.481 e. The Morgan fingerprint density at radius 1 is 1.44 bits per heavy atom. The minimum absolute atomic E-state index is 0.0443. The Balaban J connectivity index is 2.65. The number of carboxylic acid groups (broad SMARTS) is 1. The molecule has 0 aliphatic heterocycles. The summed E-state index contributed by atoms with van der Waals surface area (Å²) in [6.45, 7) is 0. The molecule has 6 nitrogen and oxygen atoms in total. The number of nitrogens with one attached hydrogen (secondary N) is 1. The van der Waals surface area contributed by atoms with E-state index < -0.39 is 16.0 Å². The van der Waals surface area contributed by atoms with Gasteiger partial charge in [-0.25, -0.2) is 8.42 Å². The van der Waals surface area contributed by atoms with Crippen LogP contribution < -0.4 is 4.72 Å². The minimum atomic E-state index is -3.58. The van der Waals surface area contributed by atoms with Crippen molar-refractivity contribution in [2.24, 2.45) is 0 Å². The van der Waals surface area contributed by atoms with E-state index in [-0.39, 0.29) is 18.6 Å². The molecule has 1 aromatic rings. The molecule has 0 aliphatic rings. The molecule has 1 aromatic carbocycles. The third kappa shape index (κ3) is 4.84. The number of anilines is 1. The fourth-order valence-corrected chi connectivity index (χ4v) is 2.41. The largest absolute Gasteiger partial charge is 0.481 e. The maximum atomic E-state index is 11.6. The Morgan fingerprint density at radius 3 is 2.78 bits per heavy atom. The van der Waals surface area contributed by atoms with Crippen LogP contribution in [0.4, 0.5) is 5.69 Å². The van der Waals surface area contributed by atoms with Gasteiger partial charge in [0.05, 0.1) is 17.4 Å². The molecule has 0 heterocycles. The van der Waals surface area contributed by atoms with E-state index in [1.54, 1.807) is 12.1 Å². The van der Waals surface area contributed by atoms with E-state index in [4.69, 9.17) is 10.4 Å². The number of nitriles is 1. The van der Waals surface area contributed by atoms with Gasteiger partial charge < -0.3 is 5.11 Å². The molecule has 0 spiro atoms. The second-order valence-electron chi connectivity index (χ2n) is 3.61. The summed E-state index contributed by atoms with van der Waals surface area (Å²) in [6, 6.07) is 7.95. The van der Waals surface area contributed by atoms with E-state index in [0.717, 1.165) is 0 Å². The monoisotopic (exact) mass is 268 g/mol. The number of nitrogens with zero attached hydrogens (tertiary/aromatic N) is 1. The standard InChI is InChI=1S/C11H12N2O4S/c12-8-9-3-1-4-10(7-9)13-18(16,17)6-2-5-11(14)15/h1,3-4,7,13H,2,5-6H2,(H,14,15). The smallest absolute Gasteiger partial charge is 0.303 e. The first-order chi connectivity index (χ1) is 8.43. The van der Waals surface area contributed by atoms with E-state index in [1.807, 2.05) is 6.07 Å². The second kappa shape index (κ2) is 6.02.